The first-order valence-corrected chi connectivity index (χ1v) is 6.60. The molecular weight excluding hydrogens is 228 g/mol. The number of nitrogens with zero attached hydrogens (tertiary/aromatic N) is 2. The lowest BCUT2D eigenvalue weighted by Crippen LogP contribution is -2.26. The molecule has 0 aromatic carbocycles. The predicted molar refractivity (Wildman–Crippen MR) is 63.5 cm³/mol. The number of carbonyl (C=O) groups is 1. The van der Waals surface area contributed by atoms with Gasteiger partial charge in [-0.15, -0.1) is 0 Å². The zero-order valence-electron chi connectivity index (χ0n) is 9.40. The van der Waals surface area contributed by atoms with E-state index in [0.29, 0.717) is 30.1 Å². The van der Waals surface area contributed by atoms with Crippen LogP contribution >= 0.6 is 0 Å². The van der Waals surface area contributed by atoms with Crippen LogP contribution in [0.3, 0.4) is 0 Å². The Morgan fingerprint density at radius 3 is 2.88 bits per heavy atom. The largest absolute Gasteiger partial charge is 0.383 e. The Morgan fingerprint density at radius 2 is 2.38 bits per heavy atom. The molecule has 6 nitrogen and oxygen atoms in total. The van der Waals surface area contributed by atoms with Crippen LogP contribution in [0.4, 0.5) is 5.82 Å². The Labute approximate surface area is 96.7 Å². The van der Waals surface area contributed by atoms with Gasteiger partial charge in [0.15, 0.2) is 0 Å². The van der Waals surface area contributed by atoms with Gasteiger partial charge in [0.05, 0.1) is 6.20 Å². The quantitative estimate of drug-likeness (QED) is 0.683. The summed E-state index contributed by atoms with van der Waals surface area (Å²) in [5.74, 6) is 0.687. The predicted octanol–water partition coefficient (Wildman–Crippen LogP) is -0.499. The van der Waals surface area contributed by atoms with Gasteiger partial charge in [-0.05, 0) is 6.42 Å². The highest BCUT2D eigenvalue weighted by Gasteiger charge is 2.12. The number of rotatable bonds is 5. The molecule has 3 N–H and O–H groups in total. The maximum Gasteiger partial charge on any atom is 0.256 e. The monoisotopic (exact) mass is 244 g/mol. The van der Waals surface area contributed by atoms with E-state index in [1.54, 1.807) is 13.3 Å². The molecule has 7 heteroatoms. The maximum atomic E-state index is 11.6. The van der Waals surface area contributed by atoms with Crippen LogP contribution in [0.25, 0.3) is 0 Å². The third-order valence-electron chi connectivity index (χ3n) is 2.12. The number of hydrogen-bond acceptors (Lipinski definition) is 4. The van der Waals surface area contributed by atoms with Crippen LogP contribution in [0.2, 0.25) is 0 Å². The van der Waals surface area contributed by atoms with Gasteiger partial charge in [0.25, 0.3) is 5.91 Å². The summed E-state index contributed by atoms with van der Waals surface area (Å²) in [5.41, 5.74) is 6.02. The Bertz CT molecular complexity index is 402. The highest BCUT2D eigenvalue weighted by molar-refractivity contribution is 7.84. The molecule has 1 unspecified atom stereocenters. The van der Waals surface area contributed by atoms with E-state index in [0.717, 1.165) is 0 Å². The number of aromatic nitrogens is 2. The van der Waals surface area contributed by atoms with Crippen LogP contribution in [-0.4, -0.2) is 38.4 Å². The molecule has 0 aliphatic carbocycles. The van der Waals surface area contributed by atoms with Gasteiger partial charge in [0.2, 0.25) is 0 Å². The van der Waals surface area contributed by atoms with E-state index in [9.17, 15) is 9.00 Å². The van der Waals surface area contributed by atoms with Gasteiger partial charge in [-0.3, -0.25) is 13.7 Å². The van der Waals surface area contributed by atoms with Crippen LogP contribution in [0.15, 0.2) is 6.20 Å². The SMILES string of the molecule is Cn1ncc(C(=O)NCCCS(C)=O)c1N. The third kappa shape index (κ3) is 3.34. The second-order valence-electron chi connectivity index (χ2n) is 3.45. The lowest BCUT2D eigenvalue weighted by Gasteiger charge is -2.03. The summed E-state index contributed by atoms with van der Waals surface area (Å²) in [4.78, 5) is 11.6. The first-order chi connectivity index (χ1) is 7.52. The number of nitrogen functional groups attached to an aromatic ring is 1. The van der Waals surface area contributed by atoms with Crippen molar-refractivity contribution in [1.82, 2.24) is 15.1 Å². The zero-order chi connectivity index (χ0) is 12.1. The Balaban J connectivity index is 2.41. The van der Waals surface area contributed by atoms with Crippen molar-refractivity contribution in [2.24, 2.45) is 7.05 Å². The van der Waals surface area contributed by atoms with Crippen LogP contribution in [0.5, 0.6) is 0 Å². The van der Waals surface area contributed by atoms with E-state index in [1.807, 2.05) is 0 Å². The molecule has 0 radical (unpaired) electrons. The number of carbonyl (C=O) groups excluding carboxylic acids is 1. The molecule has 16 heavy (non-hydrogen) atoms. The molecule has 90 valence electrons. The summed E-state index contributed by atoms with van der Waals surface area (Å²) >= 11 is 0. The van der Waals surface area contributed by atoms with Crippen molar-refractivity contribution in [3.63, 3.8) is 0 Å². The average Bonchev–Trinajstić information content (AvgIpc) is 2.54. The topological polar surface area (TPSA) is 90.0 Å². The molecule has 1 aromatic rings. The number of nitrogens with one attached hydrogen (secondary N) is 1. The van der Waals surface area contributed by atoms with E-state index in [2.05, 4.69) is 10.4 Å². The van der Waals surface area contributed by atoms with Gasteiger partial charge >= 0.3 is 0 Å². The first kappa shape index (κ1) is 12.7. The van der Waals surface area contributed by atoms with Gasteiger partial charge in [0, 0.05) is 36.4 Å². The number of aryl methyl sites for hydroxylation is 1. The number of amides is 1. The molecule has 1 atom stereocenters. The molecule has 1 rings (SSSR count). The lowest BCUT2D eigenvalue weighted by molar-refractivity contribution is 0.0954. The van der Waals surface area contributed by atoms with Gasteiger partial charge in [0.1, 0.15) is 11.4 Å². The fourth-order valence-electron chi connectivity index (χ4n) is 1.19. The van der Waals surface area contributed by atoms with Crippen molar-refractivity contribution < 1.29 is 9.00 Å². The van der Waals surface area contributed by atoms with Crippen molar-refractivity contribution >= 4 is 22.5 Å². The number of anilines is 1. The second-order valence-corrected chi connectivity index (χ2v) is 5.01. The van der Waals surface area contributed by atoms with E-state index < -0.39 is 10.8 Å². The smallest absolute Gasteiger partial charge is 0.256 e. The summed E-state index contributed by atoms with van der Waals surface area (Å²) < 4.78 is 12.2. The van der Waals surface area contributed by atoms with E-state index >= 15 is 0 Å². The molecule has 0 saturated carbocycles. The van der Waals surface area contributed by atoms with E-state index in [4.69, 9.17) is 5.73 Å². The van der Waals surface area contributed by atoms with Crippen LogP contribution in [-0.2, 0) is 17.8 Å². The molecule has 1 aromatic heterocycles. The summed E-state index contributed by atoms with van der Waals surface area (Å²) in [6.45, 7) is 0.493. The molecule has 0 fully saturated rings. The maximum absolute atomic E-state index is 11.6. The Kier molecular flexibility index (Phi) is 4.48. The van der Waals surface area contributed by atoms with Gasteiger partial charge in [-0.25, -0.2) is 0 Å². The van der Waals surface area contributed by atoms with Crippen LogP contribution in [0, 0.1) is 0 Å². The van der Waals surface area contributed by atoms with Crippen LogP contribution < -0.4 is 11.1 Å². The summed E-state index contributed by atoms with van der Waals surface area (Å²) in [7, 11) is 0.855. The van der Waals surface area contributed by atoms with Gasteiger partial charge < -0.3 is 11.1 Å². The minimum absolute atomic E-state index is 0.243. The van der Waals surface area contributed by atoms with Crippen molar-refractivity contribution in [2.45, 2.75) is 6.42 Å². The van der Waals surface area contributed by atoms with Crippen molar-refractivity contribution in [1.29, 1.82) is 0 Å². The third-order valence-corrected chi connectivity index (χ3v) is 2.99. The number of hydrogen-bond donors (Lipinski definition) is 2. The average molecular weight is 244 g/mol. The first-order valence-electron chi connectivity index (χ1n) is 4.88. The molecule has 1 heterocycles. The lowest BCUT2D eigenvalue weighted by atomic mass is 10.3. The standard InChI is InChI=1S/C9H16N4O2S/c1-13-8(10)7(6-12-13)9(14)11-4-3-5-16(2)15/h6H,3-5,10H2,1-2H3,(H,11,14). The second kappa shape index (κ2) is 5.64. The highest BCUT2D eigenvalue weighted by Crippen LogP contribution is 2.08. The van der Waals surface area contributed by atoms with Crippen molar-refractivity contribution in [3.8, 4) is 0 Å². The molecule has 0 bridgehead atoms. The molecule has 1 amide bonds. The fourth-order valence-corrected chi connectivity index (χ4v) is 1.75. The van der Waals surface area contributed by atoms with Crippen LogP contribution in [0.1, 0.15) is 16.8 Å². The number of nitrogens with two attached hydrogens (primary N) is 1. The van der Waals surface area contributed by atoms with E-state index in [1.165, 1.54) is 10.9 Å². The molecule has 0 aliphatic heterocycles. The zero-order valence-corrected chi connectivity index (χ0v) is 10.2. The molecule has 0 saturated heterocycles. The molecular formula is C9H16N4O2S. The van der Waals surface area contributed by atoms with E-state index in [-0.39, 0.29) is 5.91 Å². The highest BCUT2D eigenvalue weighted by atomic mass is 32.2. The summed E-state index contributed by atoms with van der Waals surface area (Å²) in [6.07, 6.45) is 3.76. The van der Waals surface area contributed by atoms with Crippen molar-refractivity contribution in [3.05, 3.63) is 11.8 Å². The molecule has 0 spiro atoms. The minimum atomic E-state index is -0.817. The molecule has 0 aliphatic rings. The van der Waals surface area contributed by atoms with Crippen molar-refractivity contribution in [2.75, 3.05) is 24.3 Å². The normalized spacial score (nSPS) is 12.4. The minimum Gasteiger partial charge on any atom is -0.383 e. The van der Waals surface area contributed by atoms with Gasteiger partial charge in [-0.1, -0.05) is 0 Å². The summed E-state index contributed by atoms with van der Waals surface area (Å²) in [6, 6.07) is 0. The van der Waals surface area contributed by atoms with Gasteiger partial charge in [-0.2, -0.15) is 5.10 Å². The Morgan fingerprint density at radius 1 is 1.69 bits per heavy atom. The fraction of sp³-hybridized carbons (Fsp3) is 0.556. The Hall–Kier alpha value is -1.37. The summed E-state index contributed by atoms with van der Waals surface area (Å²) in [5, 5.41) is 6.58.